The van der Waals surface area contributed by atoms with Crippen LogP contribution in [-0.2, 0) is 0 Å². The van der Waals surface area contributed by atoms with Crippen LogP contribution in [0.25, 0.3) is 22.3 Å². The summed E-state index contributed by atoms with van der Waals surface area (Å²) in [6.45, 7) is 1.21. The SMILES string of the molecule is CN1CCCCC1c1ccc(-c2ccc(-c3cccnc3)cc2)cc1. The molecule has 2 heteroatoms. The Balaban J connectivity index is 1.54. The zero-order valence-electron chi connectivity index (χ0n) is 14.7. The molecular formula is C23H24N2. The van der Waals surface area contributed by atoms with Gasteiger partial charge in [-0.25, -0.2) is 0 Å². The van der Waals surface area contributed by atoms with E-state index >= 15 is 0 Å². The Bertz CT molecular complexity index is 807. The summed E-state index contributed by atoms with van der Waals surface area (Å²) < 4.78 is 0. The van der Waals surface area contributed by atoms with Crippen LogP contribution in [0.5, 0.6) is 0 Å². The zero-order chi connectivity index (χ0) is 17.1. The van der Waals surface area contributed by atoms with E-state index in [9.17, 15) is 0 Å². The summed E-state index contributed by atoms with van der Waals surface area (Å²) in [5.74, 6) is 0. The number of piperidine rings is 1. The van der Waals surface area contributed by atoms with Gasteiger partial charge < -0.3 is 0 Å². The van der Waals surface area contributed by atoms with E-state index in [1.807, 2.05) is 18.5 Å². The first kappa shape index (κ1) is 16.0. The average molecular weight is 328 g/mol. The summed E-state index contributed by atoms with van der Waals surface area (Å²) >= 11 is 0. The third-order valence-electron chi connectivity index (χ3n) is 5.28. The van der Waals surface area contributed by atoms with Crippen molar-refractivity contribution < 1.29 is 0 Å². The largest absolute Gasteiger partial charge is 0.299 e. The van der Waals surface area contributed by atoms with Gasteiger partial charge in [0.15, 0.2) is 0 Å². The molecule has 25 heavy (non-hydrogen) atoms. The van der Waals surface area contributed by atoms with E-state index in [0.717, 1.165) is 5.56 Å². The van der Waals surface area contributed by atoms with Crippen molar-refractivity contribution in [1.29, 1.82) is 0 Å². The van der Waals surface area contributed by atoms with Gasteiger partial charge in [0.1, 0.15) is 0 Å². The Morgan fingerprint density at radius 1 is 0.800 bits per heavy atom. The molecule has 1 atom stereocenters. The monoisotopic (exact) mass is 328 g/mol. The molecule has 0 bridgehead atoms. The van der Waals surface area contributed by atoms with Crippen molar-refractivity contribution >= 4 is 0 Å². The molecule has 1 aliphatic rings. The van der Waals surface area contributed by atoms with Crippen LogP contribution < -0.4 is 0 Å². The second-order valence-corrected chi connectivity index (χ2v) is 6.93. The summed E-state index contributed by atoms with van der Waals surface area (Å²) in [6, 6.07) is 22.5. The molecule has 3 aromatic rings. The Morgan fingerprint density at radius 2 is 1.44 bits per heavy atom. The first-order valence-electron chi connectivity index (χ1n) is 9.12. The lowest BCUT2D eigenvalue weighted by molar-refractivity contribution is 0.187. The molecule has 0 radical (unpaired) electrons. The van der Waals surface area contributed by atoms with Gasteiger partial charge >= 0.3 is 0 Å². The van der Waals surface area contributed by atoms with Crippen molar-refractivity contribution in [2.75, 3.05) is 13.6 Å². The molecule has 1 aromatic heterocycles. The molecule has 0 aliphatic carbocycles. The third kappa shape index (κ3) is 3.49. The van der Waals surface area contributed by atoms with E-state index in [1.165, 1.54) is 48.1 Å². The van der Waals surface area contributed by atoms with Crippen LogP contribution >= 0.6 is 0 Å². The van der Waals surface area contributed by atoms with Gasteiger partial charge in [0.05, 0.1) is 0 Å². The average Bonchev–Trinajstić information content (AvgIpc) is 2.69. The predicted molar refractivity (Wildman–Crippen MR) is 104 cm³/mol. The fourth-order valence-electron chi connectivity index (χ4n) is 3.78. The van der Waals surface area contributed by atoms with Gasteiger partial charge in [-0.2, -0.15) is 0 Å². The summed E-state index contributed by atoms with van der Waals surface area (Å²) in [5, 5.41) is 0. The van der Waals surface area contributed by atoms with E-state index in [-0.39, 0.29) is 0 Å². The van der Waals surface area contributed by atoms with Crippen molar-refractivity contribution in [3.63, 3.8) is 0 Å². The molecular weight excluding hydrogens is 304 g/mol. The van der Waals surface area contributed by atoms with E-state index in [2.05, 4.69) is 71.5 Å². The summed E-state index contributed by atoms with van der Waals surface area (Å²) in [4.78, 5) is 6.69. The van der Waals surface area contributed by atoms with Crippen LogP contribution in [-0.4, -0.2) is 23.5 Å². The molecule has 1 unspecified atom stereocenters. The molecule has 1 aliphatic heterocycles. The fourth-order valence-corrected chi connectivity index (χ4v) is 3.78. The van der Waals surface area contributed by atoms with Crippen LogP contribution in [0.3, 0.4) is 0 Å². The van der Waals surface area contributed by atoms with Crippen LogP contribution in [0.1, 0.15) is 30.9 Å². The quantitative estimate of drug-likeness (QED) is 0.624. The Labute approximate surface area is 150 Å². The lowest BCUT2D eigenvalue weighted by atomic mass is 9.94. The summed E-state index contributed by atoms with van der Waals surface area (Å²) in [5.41, 5.74) is 6.34. The summed E-state index contributed by atoms with van der Waals surface area (Å²) in [7, 11) is 2.24. The van der Waals surface area contributed by atoms with E-state index in [0.29, 0.717) is 6.04 Å². The number of likely N-dealkylation sites (tertiary alicyclic amines) is 1. The Hall–Kier alpha value is -2.45. The molecule has 0 amide bonds. The predicted octanol–water partition coefficient (Wildman–Crippen LogP) is 5.57. The molecule has 126 valence electrons. The van der Waals surface area contributed by atoms with E-state index in [4.69, 9.17) is 0 Å². The van der Waals surface area contributed by atoms with E-state index < -0.39 is 0 Å². The zero-order valence-corrected chi connectivity index (χ0v) is 14.7. The van der Waals surface area contributed by atoms with Crippen LogP contribution in [0.2, 0.25) is 0 Å². The fraction of sp³-hybridized carbons (Fsp3) is 0.261. The van der Waals surface area contributed by atoms with Gasteiger partial charge in [-0.3, -0.25) is 9.88 Å². The number of hydrogen-bond acceptors (Lipinski definition) is 2. The second kappa shape index (κ2) is 7.20. The molecule has 0 saturated carbocycles. The van der Waals surface area contributed by atoms with Gasteiger partial charge in [0.2, 0.25) is 0 Å². The topological polar surface area (TPSA) is 16.1 Å². The number of rotatable bonds is 3. The van der Waals surface area contributed by atoms with Crippen LogP contribution in [0.4, 0.5) is 0 Å². The highest BCUT2D eigenvalue weighted by Gasteiger charge is 2.20. The normalized spacial score (nSPS) is 18.2. The van der Waals surface area contributed by atoms with E-state index in [1.54, 1.807) is 0 Å². The van der Waals surface area contributed by atoms with Gasteiger partial charge in [-0.05, 0) is 60.3 Å². The Morgan fingerprint density at radius 3 is 2.04 bits per heavy atom. The van der Waals surface area contributed by atoms with Crippen LogP contribution in [0, 0.1) is 0 Å². The number of benzene rings is 2. The molecule has 2 aromatic carbocycles. The highest BCUT2D eigenvalue weighted by Crippen LogP contribution is 2.31. The van der Waals surface area contributed by atoms with Crippen molar-refractivity contribution in [1.82, 2.24) is 9.88 Å². The van der Waals surface area contributed by atoms with Crippen molar-refractivity contribution in [2.45, 2.75) is 25.3 Å². The third-order valence-corrected chi connectivity index (χ3v) is 5.28. The summed E-state index contributed by atoms with van der Waals surface area (Å²) in [6.07, 6.45) is 7.66. The van der Waals surface area contributed by atoms with Gasteiger partial charge in [-0.1, -0.05) is 61.0 Å². The standard InChI is InChI=1S/C23H24N2/c1-25-16-3-2-6-23(25)21-13-11-19(12-14-21)18-7-9-20(10-8-18)22-5-4-15-24-17-22/h4-5,7-15,17,23H,2-3,6,16H2,1H3. The minimum absolute atomic E-state index is 0.579. The molecule has 2 nitrogen and oxygen atoms in total. The van der Waals surface area contributed by atoms with Gasteiger partial charge in [0, 0.05) is 18.4 Å². The number of aromatic nitrogens is 1. The molecule has 2 heterocycles. The maximum atomic E-state index is 4.20. The minimum Gasteiger partial charge on any atom is -0.299 e. The number of hydrogen-bond donors (Lipinski definition) is 0. The molecule has 1 fully saturated rings. The van der Waals surface area contributed by atoms with Crippen molar-refractivity contribution in [3.8, 4) is 22.3 Å². The molecule has 0 N–H and O–H groups in total. The van der Waals surface area contributed by atoms with Gasteiger partial charge in [0.25, 0.3) is 0 Å². The first-order valence-corrected chi connectivity index (χ1v) is 9.12. The second-order valence-electron chi connectivity index (χ2n) is 6.93. The molecule has 1 saturated heterocycles. The van der Waals surface area contributed by atoms with Gasteiger partial charge in [-0.15, -0.1) is 0 Å². The number of nitrogens with zero attached hydrogens (tertiary/aromatic N) is 2. The lowest BCUT2D eigenvalue weighted by Gasteiger charge is -2.32. The van der Waals surface area contributed by atoms with Crippen molar-refractivity contribution in [2.24, 2.45) is 0 Å². The molecule has 4 rings (SSSR count). The highest BCUT2D eigenvalue weighted by atomic mass is 15.1. The highest BCUT2D eigenvalue weighted by molar-refractivity contribution is 5.70. The first-order chi connectivity index (χ1) is 12.3. The minimum atomic E-state index is 0.579. The number of pyridine rings is 1. The molecule has 0 spiro atoms. The maximum Gasteiger partial charge on any atom is 0.0346 e. The van der Waals surface area contributed by atoms with Crippen molar-refractivity contribution in [3.05, 3.63) is 78.6 Å². The lowest BCUT2D eigenvalue weighted by Crippen LogP contribution is -2.29. The Kier molecular flexibility index (Phi) is 4.62. The maximum absolute atomic E-state index is 4.20. The smallest absolute Gasteiger partial charge is 0.0346 e. The van der Waals surface area contributed by atoms with Crippen LogP contribution in [0.15, 0.2) is 73.1 Å².